The average Bonchev–Trinajstić information content (AvgIpc) is 3.91. The Bertz CT molecular complexity index is 2260. The first-order valence-corrected chi connectivity index (χ1v) is 24.3. The van der Waals surface area contributed by atoms with Gasteiger partial charge in [-0.25, -0.2) is 9.97 Å². The normalized spacial score (nSPS) is 27.3. The molecule has 3 aromatic rings. The molecular weight excluding hydrogens is 854 g/mol. The molecule has 5 fully saturated rings. The van der Waals surface area contributed by atoms with Crippen LogP contribution in [0, 0.1) is 40.4 Å². The molecule has 1 amide bonds. The monoisotopic (exact) mass is 917 g/mol. The summed E-state index contributed by atoms with van der Waals surface area (Å²) in [6, 6.07) is 4.55. The van der Waals surface area contributed by atoms with Crippen molar-refractivity contribution in [1.29, 1.82) is 0 Å². The van der Waals surface area contributed by atoms with Gasteiger partial charge in [0.2, 0.25) is 5.91 Å². The number of aromatic nitrogens is 2. The molecule has 1 aromatic carbocycles. The van der Waals surface area contributed by atoms with Gasteiger partial charge in [0.25, 0.3) is 0 Å². The zero-order chi connectivity index (χ0) is 45.7. The molecule has 3 aliphatic carbocycles. The quantitative estimate of drug-likeness (QED) is 0.0979. The molecule has 8 atom stereocenters. The lowest BCUT2D eigenvalue weighted by Crippen LogP contribution is -2.48. The molecule has 8 rings (SSSR count). The Morgan fingerprint density at radius 2 is 1.75 bits per heavy atom. The molecule has 2 aromatic heterocycles. The second-order valence-electron chi connectivity index (χ2n) is 20.6. The lowest BCUT2D eigenvalue weighted by atomic mass is 9.77. The fourth-order valence-electron chi connectivity index (χ4n) is 10.1. The van der Waals surface area contributed by atoms with Gasteiger partial charge in [-0.05, 0) is 74.0 Å². The number of hydrogen-bond donors (Lipinski definition) is 1. The number of benzene rings is 1. The average molecular weight is 919 g/mol. The van der Waals surface area contributed by atoms with Crippen LogP contribution >= 0.6 is 22.9 Å². The van der Waals surface area contributed by atoms with Crippen molar-refractivity contribution in [1.82, 2.24) is 24.7 Å². The molecule has 4 heterocycles. The maximum atomic E-state index is 14.9. The summed E-state index contributed by atoms with van der Waals surface area (Å²) in [5, 5.41) is 14.2. The molecule has 15 heteroatoms. The number of aliphatic carboxylic acids is 1. The van der Waals surface area contributed by atoms with Crippen LogP contribution in [0.5, 0.6) is 11.5 Å². The van der Waals surface area contributed by atoms with E-state index in [1.54, 1.807) is 17.4 Å². The fourth-order valence-corrected chi connectivity index (χ4v) is 11.4. The number of Topliss-reactive ketones (excluding diaryl/α,β-unsaturated/α-hetero) is 1. The largest absolute Gasteiger partial charge is 0.491 e. The highest BCUT2D eigenvalue weighted by Crippen LogP contribution is 2.57. The van der Waals surface area contributed by atoms with Crippen LogP contribution in [0.2, 0.25) is 5.02 Å². The summed E-state index contributed by atoms with van der Waals surface area (Å²) in [5.74, 6) is -0.681. The summed E-state index contributed by atoms with van der Waals surface area (Å²) >= 11 is 8.73. The number of rotatable bonds is 18. The van der Waals surface area contributed by atoms with E-state index in [1.165, 1.54) is 11.3 Å². The summed E-state index contributed by atoms with van der Waals surface area (Å²) in [5.41, 5.74) is -0.215. The lowest BCUT2D eigenvalue weighted by Gasteiger charge is -2.35. The number of carboxylic acids is 1. The number of fused-ring (bicyclic) bond motifs is 2. The number of thiazole rings is 1. The summed E-state index contributed by atoms with van der Waals surface area (Å²) in [6.45, 7) is 19.1. The lowest BCUT2D eigenvalue weighted by molar-refractivity contribution is -0.157. The molecule has 13 nitrogen and oxygen atoms in total. The predicted octanol–water partition coefficient (Wildman–Crippen LogP) is 7.81. The molecule has 0 spiro atoms. The maximum Gasteiger partial charge on any atom is 0.310 e. The van der Waals surface area contributed by atoms with Gasteiger partial charge in [0, 0.05) is 68.8 Å². The third-order valence-corrected chi connectivity index (χ3v) is 15.5. The summed E-state index contributed by atoms with van der Waals surface area (Å²) in [4.78, 5) is 71.6. The van der Waals surface area contributed by atoms with Gasteiger partial charge in [-0.1, -0.05) is 52.3 Å². The number of hydrogen-bond acceptors (Lipinski definition) is 12. The van der Waals surface area contributed by atoms with E-state index >= 15 is 0 Å². The van der Waals surface area contributed by atoms with Gasteiger partial charge in [0.05, 0.1) is 52.3 Å². The summed E-state index contributed by atoms with van der Waals surface area (Å²) in [7, 11) is 2.13. The van der Waals surface area contributed by atoms with Crippen LogP contribution in [-0.2, 0) is 30.3 Å². The van der Waals surface area contributed by atoms with E-state index in [0.29, 0.717) is 69.6 Å². The van der Waals surface area contributed by atoms with Crippen LogP contribution in [-0.4, -0.2) is 125 Å². The minimum absolute atomic E-state index is 0.0451. The van der Waals surface area contributed by atoms with E-state index in [-0.39, 0.29) is 49.5 Å². The summed E-state index contributed by atoms with van der Waals surface area (Å²) < 4.78 is 19.1. The smallest absolute Gasteiger partial charge is 0.310 e. The number of carbonyl (C=O) groups is 4. The number of likely N-dealkylation sites (tertiary alicyclic amines) is 1. The molecule has 0 bridgehead atoms. The first-order valence-electron chi connectivity index (χ1n) is 23.1. The van der Waals surface area contributed by atoms with Crippen LogP contribution in [0.4, 0.5) is 0 Å². The number of likely N-dealkylation sites (N-methyl/N-ethyl adjacent to an activating group) is 1. The van der Waals surface area contributed by atoms with Gasteiger partial charge in [-0.2, -0.15) is 0 Å². The summed E-state index contributed by atoms with van der Waals surface area (Å²) in [6.07, 6.45) is 4.61. The van der Waals surface area contributed by atoms with Crippen LogP contribution < -0.4 is 9.47 Å². The Labute approximate surface area is 385 Å². The van der Waals surface area contributed by atoms with Crippen molar-refractivity contribution in [3.63, 3.8) is 0 Å². The first kappa shape index (κ1) is 46.4. The van der Waals surface area contributed by atoms with E-state index in [1.807, 2.05) is 44.4 Å². The Morgan fingerprint density at radius 3 is 2.41 bits per heavy atom. The third-order valence-electron chi connectivity index (χ3n) is 14.3. The van der Waals surface area contributed by atoms with Crippen molar-refractivity contribution in [3.05, 3.63) is 46.3 Å². The van der Waals surface area contributed by atoms with Gasteiger partial charge in [-0.15, -0.1) is 17.9 Å². The van der Waals surface area contributed by atoms with E-state index in [4.69, 9.17) is 35.8 Å². The third kappa shape index (κ3) is 10.1. The SMILES string of the molecule is C=C[C@@H]1CC1(CC(=O)[C@@H]1C[C@@H](Oc2cc(-c3csc(CC(C)C)n3)nc3c(Cl)c(OCCN4CCN(C)CC4)ccc23)CN1C(=O)[C@@H](CC(=O)OC1C[C@@H]2C[C@@H]2C1)C(C)(C)C)C(=O)O. The molecule has 2 aliphatic heterocycles. The standard InChI is InChI=1S/C49H64ClN5O8S/c1-8-31-24-49(31,47(59)60)25-39(56)38-21-33(26-55(38)46(58)35(48(4,5)6)22-43(57)63-32-19-29-18-30(29)20-32)62-41-23-36(37-27-64-42(51-37)17-28(2)3)52-45-34(41)9-10-40(44(45)50)61-16-15-54-13-11-53(7)12-14-54/h8-10,23,27-33,35,38H,1,11-22,24-26H2,2-7H3,(H,59,60)/t29-,30+,31-,32?,33-,35-,38+,49?/m1/s1. The number of ether oxygens (including phenoxy) is 3. The van der Waals surface area contributed by atoms with Gasteiger partial charge in [-0.3, -0.25) is 24.1 Å². The number of halogens is 1. The zero-order valence-corrected chi connectivity index (χ0v) is 39.7. The second-order valence-corrected chi connectivity index (χ2v) is 21.9. The van der Waals surface area contributed by atoms with Crippen LogP contribution in [0.1, 0.15) is 84.6 Å². The Morgan fingerprint density at radius 1 is 1.02 bits per heavy atom. The van der Waals surface area contributed by atoms with Crippen molar-refractivity contribution >= 4 is 57.5 Å². The molecule has 2 saturated heterocycles. The Hall–Kier alpha value is -4.11. The van der Waals surface area contributed by atoms with Crippen molar-refractivity contribution < 1.29 is 38.5 Å². The Balaban J connectivity index is 1.09. The molecule has 1 N–H and O–H groups in total. The number of piperazine rings is 1. The number of carbonyl (C=O) groups excluding carboxylic acids is 3. The molecule has 64 heavy (non-hydrogen) atoms. The van der Waals surface area contributed by atoms with Crippen LogP contribution in [0.15, 0.2) is 36.2 Å². The topological polar surface area (TPSA) is 152 Å². The number of nitrogens with zero attached hydrogens (tertiary/aromatic N) is 5. The number of esters is 1. The van der Waals surface area contributed by atoms with Gasteiger partial charge >= 0.3 is 11.9 Å². The predicted molar refractivity (Wildman–Crippen MR) is 247 cm³/mol. The van der Waals surface area contributed by atoms with Crippen LogP contribution in [0.25, 0.3) is 22.3 Å². The van der Waals surface area contributed by atoms with E-state index in [0.717, 1.165) is 57.0 Å². The number of ketones is 1. The molecule has 3 saturated carbocycles. The highest BCUT2D eigenvalue weighted by atomic mass is 35.5. The van der Waals surface area contributed by atoms with Crippen molar-refractivity contribution in [2.45, 2.75) is 104 Å². The van der Waals surface area contributed by atoms with Crippen molar-refractivity contribution in [2.24, 2.45) is 40.4 Å². The Kier molecular flexibility index (Phi) is 13.5. The number of allylic oxidation sites excluding steroid dienone is 1. The van der Waals surface area contributed by atoms with Gasteiger partial charge in [0.1, 0.15) is 35.3 Å². The molecule has 346 valence electrons. The number of pyridine rings is 1. The molecule has 0 radical (unpaired) electrons. The molecular formula is C49H64ClN5O8S. The van der Waals surface area contributed by atoms with Crippen molar-refractivity contribution in [3.8, 4) is 22.9 Å². The zero-order valence-electron chi connectivity index (χ0n) is 38.1. The minimum Gasteiger partial charge on any atom is -0.491 e. The number of amides is 1. The van der Waals surface area contributed by atoms with Crippen LogP contribution in [0.3, 0.4) is 0 Å². The number of carboxylic acid groups (broad SMARTS) is 1. The van der Waals surface area contributed by atoms with Gasteiger partial charge in [0.15, 0.2) is 5.78 Å². The highest BCUT2D eigenvalue weighted by Gasteiger charge is 2.61. The van der Waals surface area contributed by atoms with E-state index in [2.05, 4.69) is 37.3 Å². The van der Waals surface area contributed by atoms with E-state index in [9.17, 15) is 24.3 Å². The maximum absolute atomic E-state index is 14.9. The first-order chi connectivity index (χ1) is 30.4. The molecule has 5 aliphatic rings. The molecule has 2 unspecified atom stereocenters. The van der Waals surface area contributed by atoms with Gasteiger partial charge < -0.3 is 29.1 Å². The fraction of sp³-hybridized carbons (Fsp3) is 0.633. The highest BCUT2D eigenvalue weighted by molar-refractivity contribution is 7.09. The minimum atomic E-state index is -1.26. The van der Waals surface area contributed by atoms with E-state index < -0.39 is 40.8 Å². The second kappa shape index (κ2) is 18.6. The van der Waals surface area contributed by atoms with Crippen molar-refractivity contribution in [2.75, 3.05) is 52.9 Å².